The van der Waals surface area contributed by atoms with E-state index < -0.39 is 11.6 Å². The topological polar surface area (TPSA) is 74.6 Å². The molecule has 0 fully saturated rings. The van der Waals surface area contributed by atoms with Crippen LogP contribution in [-0.2, 0) is 12.0 Å². The maximum absolute atomic E-state index is 13.2. The Morgan fingerprint density at radius 1 is 0.800 bits per heavy atom. The van der Waals surface area contributed by atoms with Gasteiger partial charge in [-0.1, -0.05) is 78.9 Å². The molecule has 4 heteroatoms. The molecule has 0 aromatic heterocycles. The lowest BCUT2D eigenvalue weighted by atomic mass is 9.70. The Labute approximate surface area is 173 Å². The van der Waals surface area contributed by atoms with Crippen LogP contribution in [0.3, 0.4) is 0 Å². The smallest absolute Gasteiger partial charge is 0.336 e. The van der Waals surface area contributed by atoms with E-state index in [1.165, 1.54) is 6.07 Å². The normalized spacial score (nSPS) is 17.4. The van der Waals surface area contributed by atoms with E-state index in [2.05, 4.69) is 0 Å². The third kappa shape index (κ3) is 2.58. The molecule has 0 radical (unpaired) electrons. The van der Waals surface area contributed by atoms with Crippen LogP contribution in [0, 0.1) is 0 Å². The highest BCUT2D eigenvalue weighted by molar-refractivity contribution is 6.17. The molecule has 0 spiro atoms. The number of aromatic carboxylic acids is 1. The van der Waals surface area contributed by atoms with Gasteiger partial charge in [-0.05, 0) is 28.0 Å². The van der Waals surface area contributed by atoms with Crippen molar-refractivity contribution < 1.29 is 19.8 Å². The molecule has 1 atom stereocenters. The van der Waals surface area contributed by atoms with Crippen molar-refractivity contribution in [3.05, 3.63) is 118 Å². The molecule has 0 saturated heterocycles. The van der Waals surface area contributed by atoms with Gasteiger partial charge in [0.1, 0.15) is 5.60 Å². The molecule has 4 aromatic rings. The number of ketones is 1. The molecule has 5 rings (SSSR count). The van der Waals surface area contributed by atoms with E-state index >= 15 is 0 Å². The first-order valence-electron chi connectivity index (χ1n) is 9.71. The molecule has 0 amide bonds. The second kappa shape index (κ2) is 6.65. The van der Waals surface area contributed by atoms with Crippen LogP contribution in [0.15, 0.2) is 84.9 Å². The Morgan fingerprint density at radius 3 is 2.30 bits per heavy atom. The molecule has 1 aliphatic rings. The van der Waals surface area contributed by atoms with Crippen molar-refractivity contribution in [2.45, 2.75) is 12.0 Å². The van der Waals surface area contributed by atoms with E-state index in [-0.39, 0.29) is 23.3 Å². The number of benzene rings is 4. The molecule has 2 N–H and O–H groups in total. The fourth-order valence-electron chi connectivity index (χ4n) is 4.55. The van der Waals surface area contributed by atoms with Crippen LogP contribution in [0.2, 0.25) is 0 Å². The Bertz CT molecular complexity index is 1330. The average Bonchev–Trinajstić information content (AvgIpc) is 2.77. The van der Waals surface area contributed by atoms with Gasteiger partial charge < -0.3 is 10.2 Å². The third-order valence-electron chi connectivity index (χ3n) is 5.91. The minimum atomic E-state index is -1.53. The number of carbonyl (C=O) groups is 2. The predicted molar refractivity (Wildman–Crippen MR) is 114 cm³/mol. The number of carboxylic acids is 1. The number of fused-ring (bicyclic) bond motifs is 3. The summed E-state index contributed by atoms with van der Waals surface area (Å²) in [7, 11) is 0. The Hall–Kier alpha value is -3.76. The number of hydrogen-bond acceptors (Lipinski definition) is 3. The van der Waals surface area contributed by atoms with Crippen LogP contribution < -0.4 is 0 Å². The molecule has 0 saturated carbocycles. The first-order chi connectivity index (χ1) is 14.5. The highest BCUT2D eigenvalue weighted by Gasteiger charge is 2.44. The van der Waals surface area contributed by atoms with E-state index in [9.17, 15) is 19.8 Å². The van der Waals surface area contributed by atoms with Crippen molar-refractivity contribution >= 4 is 22.5 Å². The van der Waals surface area contributed by atoms with Gasteiger partial charge in [-0.25, -0.2) is 4.79 Å². The zero-order valence-electron chi connectivity index (χ0n) is 16.0. The zero-order valence-corrected chi connectivity index (χ0v) is 16.0. The van der Waals surface area contributed by atoms with Gasteiger partial charge in [0.25, 0.3) is 0 Å². The molecule has 0 aliphatic heterocycles. The summed E-state index contributed by atoms with van der Waals surface area (Å²) in [4.78, 5) is 25.1. The molecule has 30 heavy (non-hydrogen) atoms. The fraction of sp³-hybridized carbons (Fsp3) is 0.0769. The lowest BCUT2D eigenvalue weighted by Gasteiger charge is -2.36. The van der Waals surface area contributed by atoms with Crippen LogP contribution in [0.5, 0.6) is 0 Å². The molecular weight excluding hydrogens is 376 g/mol. The van der Waals surface area contributed by atoms with Gasteiger partial charge >= 0.3 is 5.97 Å². The Balaban J connectivity index is 1.80. The van der Waals surface area contributed by atoms with Gasteiger partial charge in [0.15, 0.2) is 5.78 Å². The molecule has 146 valence electrons. The zero-order chi connectivity index (χ0) is 20.9. The molecule has 0 bridgehead atoms. The summed E-state index contributed by atoms with van der Waals surface area (Å²) >= 11 is 0. The summed E-state index contributed by atoms with van der Waals surface area (Å²) in [6.45, 7) is 0. The van der Waals surface area contributed by atoms with Gasteiger partial charge in [-0.15, -0.1) is 0 Å². The summed E-state index contributed by atoms with van der Waals surface area (Å²) in [6, 6.07) is 25.4. The summed E-state index contributed by atoms with van der Waals surface area (Å²) < 4.78 is 0. The molecule has 0 heterocycles. The third-order valence-corrected chi connectivity index (χ3v) is 5.91. The summed E-state index contributed by atoms with van der Waals surface area (Å²) in [5.74, 6) is -1.56. The number of hydrogen-bond donors (Lipinski definition) is 2. The van der Waals surface area contributed by atoms with Gasteiger partial charge in [0.2, 0.25) is 0 Å². The van der Waals surface area contributed by atoms with Crippen molar-refractivity contribution in [1.82, 2.24) is 0 Å². The highest BCUT2D eigenvalue weighted by atomic mass is 16.4. The van der Waals surface area contributed by atoms with Crippen LogP contribution in [0.1, 0.15) is 43.0 Å². The minimum absolute atomic E-state index is 0.0615. The average molecular weight is 394 g/mol. The molecule has 1 aliphatic carbocycles. The van der Waals surface area contributed by atoms with E-state index in [1.807, 2.05) is 42.5 Å². The van der Waals surface area contributed by atoms with E-state index in [0.29, 0.717) is 16.7 Å². The number of rotatable bonds is 3. The van der Waals surface area contributed by atoms with Crippen molar-refractivity contribution in [2.75, 3.05) is 0 Å². The highest BCUT2D eigenvalue weighted by Crippen LogP contribution is 2.43. The number of carbonyl (C=O) groups excluding carboxylic acids is 1. The first kappa shape index (κ1) is 18.3. The van der Waals surface area contributed by atoms with Gasteiger partial charge in [-0.3, -0.25) is 4.79 Å². The van der Waals surface area contributed by atoms with Crippen LogP contribution in [-0.4, -0.2) is 22.0 Å². The summed E-state index contributed by atoms with van der Waals surface area (Å²) in [5.41, 5.74) is 0.523. The Morgan fingerprint density at radius 2 is 1.47 bits per heavy atom. The standard InChI is InChI=1S/C26H18O4/c27-24-19-11-3-4-13-21(19)26(30,22-14-6-12-20(23(22)24)25(28)29)15-17-9-5-8-16-7-1-2-10-18(16)17/h1-14,30H,15H2,(H,28,29). The lowest BCUT2D eigenvalue weighted by Crippen LogP contribution is -2.38. The molecular formula is C26H18O4. The van der Waals surface area contributed by atoms with Crippen LogP contribution in [0.25, 0.3) is 10.8 Å². The van der Waals surface area contributed by atoms with Gasteiger partial charge in [-0.2, -0.15) is 0 Å². The lowest BCUT2D eigenvalue weighted by molar-refractivity contribution is 0.0670. The number of carboxylic acid groups (broad SMARTS) is 1. The largest absolute Gasteiger partial charge is 0.478 e. The second-order valence-electron chi connectivity index (χ2n) is 7.58. The van der Waals surface area contributed by atoms with Crippen LogP contribution >= 0.6 is 0 Å². The van der Waals surface area contributed by atoms with E-state index in [1.54, 1.807) is 36.4 Å². The maximum atomic E-state index is 13.2. The van der Waals surface area contributed by atoms with Gasteiger partial charge in [0, 0.05) is 23.1 Å². The van der Waals surface area contributed by atoms with Crippen molar-refractivity contribution in [1.29, 1.82) is 0 Å². The van der Waals surface area contributed by atoms with Crippen molar-refractivity contribution in [3.63, 3.8) is 0 Å². The molecule has 4 nitrogen and oxygen atoms in total. The minimum Gasteiger partial charge on any atom is -0.478 e. The SMILES string of the molecule is O=C(O)c1cccc2c1C(=O)c1ccccc1C2(O)Cc1cccc2ccccc12. The first-order valence-corrected chi connectivity index (χ1v) is 9.71. The Kier molecular flexibility index (Phi) is 4.05. The van der Waals surface area contributed by atoms with Crippen molar-refractivity contribution in [3.8, 4) is 0 Å². The number of aliphatic hydroxyl groups is 1. The monoisotopic (exact) mass is 394 g/mol. The predicted octanol–water partition coefficient (Wildman–Crippen LogP) is 4.56. The van der Waals surface area contributed by atoms with E-state index in [4.69, 9.17) is 0 Å². The summed E-state index contributed by atoms with van der Waals surface area (Å²) in [6.07, 6.45) is 0.217. The quantitative estimate of drug-likeness (QED) is 0.534. The van der Waals surface area contributed by atoms with Crippen LogP contribution in [0.4, 0.5) is 0 Å². The van der Waals surface area contributed by atoms with Gasteiger partial charge in [0.05, 0.1) is 5.56 Å². The summed E-state index contributed by atoms with van der Waals surface area (Å²) in [5, 5.41) is 23.8. The van der Waals surface area contributed by atoms with Crippen molar-refractivity contribution in [2.24, 2.45) is 0 Å². The molecule has 1 unspecified atom stereocenters. The molecule has 4 aromatic carbocycles. The van der Waals surface area contributed by atoms with E-state index in [0.717, 1.165) is 16.3 Å². The maximum Gasteiger partial charge on any atom is 0.336 e. The fourth-order valence-corrected chi connectivity index (χ4v) is 4.55. The second-order valence-corrected chi connectivity index (χ2v) is 7.58.